The van der Waals surface area contributed by atoms with Gasteiger partial charge in [-0.05, 0) is 31.4 Å². The van der Waals surface area contributed by atoms with E-state index in [4.69, 9.17) is 0 Å². The molecular weight excluding hydrogens is 224 g/mol. The Morgan fingerprint density at radius 1 is 1.28 bits per heavy atom. The molecule has 0 spiro atoms. The van der Waals surface area contributed by atoms with Crippen molar-refractivity contribution >= 4 is 10.9 Å². The normalized spacial score (nSPS) is 16.2. The summed E-state index contributed by atoms with van der Waals surface area (Å²) in [7, 11) is 0. The Morgan fingerprint density at radius 3 is 2.61 bits per heavy atom. The predicted octanol–water partition coefficient (Wildman–Crippen LogP) is 2.27. The van der Waals surface area contributed by atoms with Gasteiger partial charge in [-0.1, -0.05) is 18.2 Å². The molecule has 3 nitrogen and oxygen atoms in total. The minimum absolute atomic E-state index is 0.176. The Bertz CT molecular complexity index is 638. The lowest BCUT2D eigenvalue weighted by atomic mass is 9.93. The van der Waals surface area contributed by atoms with Crippen LogP contribution in [-0.2, 0) is 0 Å². The first-order valence-electron chi connectivity index (χ1n) is 6.53. The van der Waals surface area contributed by atoms with Crippen molar-refractivity contribution in [1.29, 1.82) is 0 Å². The van der Waals surface area contributed by atoms with Gasteiger partial charge in [0.2, 0.25) is 0 Å². The molecule has 1 aromatic carbocycles. The van der Waals surface area contributed by atoms with E-state index in [1.165, 1.54) is 0 Å². The first-order chi connectivity index (χ1) is 8.68. The largest absolute Gasteiger partial charge is 0.315 e. The van der Waals surface area contributed by atoms with Crippen LogP contribution >= 0.6 is 0 Å². The molecule has 0 bridgehead atoms. The smallest absolute Gasteiger partial charge is 0.254 e. The van der Waals surface area contributed by atoms with Crippen molar-refractivity contribution < 1.29 is 0 Å². The number of nitrogens with one attached hydrogen (secondary N) is 1. The Hall–Kier alpha value is -1.61. The number of aromatic nitrogens is 1. The molecule has 2 heterocycles. The summed E-state index contributed by atoms with van der Waals surface area (Å²) in [4.78, 5) is 12.6. The molecule has 0 amide bonds. The van der Waals surface area contributed by atoms with E-state index in [1.54, 1.807) is 0 Å². The van der Waals surface area contributed by atoms with Gasteiger partial charge in [0.1, 0.15) is 0 Å². The highest BCUT2D eigenvalue weighted by atomic mass is 16.1. The number of fused-ring (bicyclic) bond motifs is 1. The molecule has 94 valence electrons. The van der Waals surface area contributed by atoms with Crippen molar-refractivity contribution in [2.75, 3.05) is 13.1 Å². The number of pyridine rings is 1. The molecule has 3 rings (SSSR count). The lowest BCUT2D eigenvalue weighted by Crippen LogP contribution is -2.43. The molecule has 1 aliphatic heterocycles. The third-order valence-electron chi connectivity index (χ3n) is 3.71. The summed E-state index contributed by atoms with van der Waals surface area (Å²) < 4.78 is 1.92. The lowest BCUT2D eigenvalue weighted by molar-refractivity contribution is 0.440. The van der Waals surface area contributed by atoms with Crippen LogP contribution in [0.4, 0.5) is 0 Å². The number of hydrogen-bond acceptors (Lipinski definition) is 2. The second kappa shape index (κ2) is 4.25. The molecule has 1 aromatic heterocycles. The topological polar surface area (TPSA) is 34.0 Å². The number of benzene rings is 1. The standard InChI is InChI=1S/C15H18N2O/c1-10(2)17-14-6-4-3-5-11(14)7-13(15(17)18)12-8-16-9-12/h3-7,10,12,16H,8-9H2,1-2H3. The highest BCUT2D eigenvalue weighted by molar-refractivity contribution is 5.79. The Morgan fingerprint density at radius 2 is 2.00 bits per heavy atom. The fourth-order valence-corrected chi connectivity index (χ4v) is 2.62. The minimum Gasteiger partial charge on any atom is -0.315 e. The van der Waals surface area contributed by atoms with Crippen molar-refractivity contribution in [2.45, 2.75) is 25.8 Å². The molecule has 1 aliphatic rings. The fourth-order valence-electron chi connectivity index (χ4n) is 2.62. The Kier molecular flexibility index (Phi) is 2.71. The fraction of sp³-hybridized carbons (Fsp3) is 0.400. The SMILES string of the molecule is CC(C)n1c(=O)c(C2CNC2)cc2ccccc21. The van der Waals surface area contributed by atoms with E-state index in [1.807, 2.05) is 22.8 Å². The van der Waals surface area contributed by atoms with E-state index in [2.05, 4.69) is 31.3 Å². The van der Waals surface area contributed by atoms with Crippen LogP contribution < -0.4 is 10.9 Å². The van der Waals surface area contributed by atoms with Crippen LogP contribution in [0.25, 0.3) is 10.9 Å². The van der Waals surface area contributed by atoms with Gasteiger partial charge in [-0.25, -0.2) is 0 Å². The molecule has 1 N–H and O–H groups in total. The molecule has 2 aromatic rings. The second-order valence-electron chi connectivity index (χ2n) is 5.28. The molecule has 0 saturated carbocycles. The summed E-state index contributed by atoms with van der Waals surface area (Å²) in [5.41, 5.74) is 2.17. The van der Waals surface area contributed by atoms with Crippen molar-refractivity contribution in [1.82, 2.24) is 9.88 Å². The van der Waals surface area contributed by atoms with Crippen molar-refractivity contribution in [3.05, 3.63) is 46.2 Å². The molecule has 0 atom stereocenters. The summed E-state index contributed by atoms with van der Waals surface area (Å²) in [6.07, 6.45) is 0. The molecule has 18 heavy (non-hydrogen) atoms. The van der Waals surface area contributed by atoms with E-state index in [0.29, 0.717) is 5.92 Å². The first-order valence-corrected chi connectivity index (χ1v) is 6.53. The predicted molar refractivity (Wildman–Crippen MR) is 74.2 cm³/mol. The van der Waals surface area contributed by atoms with Crippen molar-refractivity contribution in [3.8, 4) is 0 Å². The summed E-state index contributed by atoms with van der Waals surface area (Å²) in [6, 6.07) is 10.4. The molecule has 0 radical (unpaired) electrons. The second-order valence-corrected chi connectivity index (χ2v) is 5.28. The molecule has 1 fully saturated rings. The van der Waals surface area contributed by atoms with Gasteiger partial charge in [0, 0.05) is 30.6 Å². The average Bonchev–Trinajstić information content (AvgIpc) is 2.27. The highest BCUT2D eigenvalue weighted by Crippen LogP contribution is 2.22. The van der Waals surface area contributed by atoms with E-state index < -0.39 is 0 Å². The Labute approximate surface area is 106 Å². The number of hydrogen-bond donors (Lipinski definition) is 1. The molecule has 3 heteroatoms. The minimum atomic E-state index is 0.176. The van der Waals surface area contributed by atoms with Gasteiger partial charge in [0.15, 0.2) is 0 Å². The average molecular weight is 242 g/mol. The zero-order chi connectivity index (χ0) is 12.7. The molecule has 1 saturated heterocycles. The van der Waals surface area contributed by atoms with Gasteiger partial charge in [0.25, 0.3) is 5.56 Å². The van der Waals surface area contributed by atoms with E-state index in [-0.39, 0.29) is 11.6 Å². The van der Waals surface area contributed by atoms with Crippen molar-refractivity contribution in [2.24, 2.45) is 0 Å². The summed E-state index contributed by atoms with van der Waals surface area (Å²) in [6.45, 7) is 5.98. The lowest BCUT2D eigenvalue weighted by Gasteiger charge is -2.28. The van der Waals surface area contributed by atoms with Gasteiger partial charge in [0.05, 0.1) is 5.52 Å². The third-order valence-corrected chi connectivity index (χ3v) is 3.71. The van der Waals surface area contributed by atoms with E-state index in [0.717, 1.165) is 29.6 Å². The highest BCUT2D eigenvalue weighted by Gasteiger charge is 2.24. The third kappa shape index (κ3) is 1.66. The summed E-state index contributed by atoms with van der Waals surface area (Å²) in [5, 5.41) is 4.40. The van der Waals surface area contributed by atoms with Crippen LogP contribution in [0.1, 0.15) is 31.4 Å². The number of rotatable bonds is 2. The first kappa shape index (κ1) is 11.5. The maximum absolute atomic E-state index is 12.6. The molecular formula is C15H18N2O. The van der Waals surface area contributed by atoms with Crippen LogP contribution in [0, 0.1) is 0 Å². The van der Waals surface area contributed by atoms with Crippen LogP contribution in [0.15, 0.2) is 35.1 Å². The molecule has 0 aliphatic carbocycles. The van der Waals surface area contributed by atoms with Crippen LogP contribution in [0.2, 0.25) is 0 Å². The number of nitrogens with zero attached hydrogens (tertiary/aromatic N) is 1. The summed E-state index contributed by atoms with van der Waals surface area (Å²) >= 11 is 0. The summed E-state index contributed by atoms with van der Waals surface area (Å²) in [5.74, 6) is 0.382. The van der Waals surface area contributed by atoms with Gasteiger partial charge in [-0.2, -0.15) is 0 Å². The quantitative estimate of drug-likeness (QED) is 0.876. The van der Waals surface area contributed by atoms with Crippen LogP contribution in [-0.4, -0.2) is 17.7 Å². The van der Waals surface area contributed by atoms with Gasteiger partial charge < -0.3 is 9.88 Å². The van der Waals surface area contributed by atoms with Gasteiger partial charge in [-0.15, -0.1) is 0 Å². The maximum atomic E-state index is 12.6. The van der Waals surface area contributed by atoms with Crippen molar-refractivity contribution in [3.63, 3.8) is 0 Å². The van der Waals surface area contributed by atoms with E-state index >= 15 is 0 Å². The monoisotopic (exact) mass is 242 g/mol. The maximum Gasteiger partial charge on any atom is 0.254 e. The zero-order valence-electron chi connectivity index (χ0n) is 10.8. The zero-order valence-corrected chi connectivity index (χ0v) is 10.8. The van der Waals surface area contributed by atoms with Crippen LogP contribution in [0.3, 0.4) is 0 Å². The molecule has 0 unspecified atom stereocenters. The van der Waals surface area contributed by atoms with Crippen LogP contribution in [0.5, 0.6) is 0 Å². The van der Waals surface area contributed by atoms with E-state index in [9.17, 15) is 4.79 Å². The van der Waals surface area contributed by atoms with Gasteiger partial charge in [-0.3, -0.25) is 4.79 Å². The number of para-hydroxylation sites is 1. The van der Waals surface area contributed by atoms with Gasteiger partial charge >= 0.3 is 0 Å². The Balaban J connectivity index is 2.32.